The zero-order valence-electron chi connectivity index (χ0n) is 16.5. The molecule has 2 amide bonds. The van der Waals surface area contributed by atoms with Gasteiger partial charge in [0.2, 0.25) is 11.8 Å². The summed E-state index contributed by atoms with van der Waals surface area (Å²) < 4.78 is 6.01. The lowest BCUT2D eigenvalue weighted by molar-refractivity contribution is -0.143. The molecule has 4 rings (SSSR count). The lowest BCUT2D eigenvalue weighted by atomic mass is 10.0. The molecule has 0 radical (unpaired) electrons. The van der Waals surface area contributed by atoms with E-state index in [1.165, 1.54) is 4.88 Å². The number of carbonyl (C=O) groups excluding carboxylic acids is 2. The fourth-order valence-electron chi connectivity index (χ4n) is 3.83. The van der Waals surface area contributed by atoms with Crippen LogP contribution in [0.1, 0.15) is 42.7 Å². The minimum Gasteiger partial charge on any atom is -0.491 e. The first-order chi connectivity index (χ1) is 14.1. The van der Waals surface area contributed by atoms with E-state index in [0.29, 0.717) is 24.6 Å². The molecule has 1 aromatic carbocycles. The number of amides is 2. The van der Waals surface area contributed by atoms with Crippen LogP contribution in [0.3, 0.4) is 0 Å². The molecule has 1 aliphatic heterocycles. The fourth-order valence-corrected chi connectivity index (χ4v) is 4.88. The Hall–Kier alpha value is -2.05. The van der Waals surface area contributed by atoms with E-state index in [0.717, 1.165) is 30.6 Å². The minimum absolute atomic E-state index is 0.000237. The van der Waals surface area contributed by atoms with Gasteiger partial charge in [0, 0.05) is 28.9 Å². The third-order valence-electron chi connectivity index (χ3n) is 5.55. The normalized spacial score (nSPS) is 18.3. The van der Waals surface area contributed by atoms with Crippen molar-refractivity contribution in [3.63, 3.8) is 0 Å². The van der Waals surface area contributed by atoms with Gasteiger partial charge in [0.1, 0.15) is 18.9 Å². The molecule has 0 N–H and O–H groups in total. The summed E-state index contributed by atoms with van der Waals surface area (Å²) in [7, 11) is 0. The van der Waals surface area contributed by atoms with Crippen LogP contribution in [-0.4, -0.2) is 47.4 Å². The summed E-state index contributed by atoms with van der Waals surface area (Å²) in [6.07, 6.45) is 3.27. The molecular weight excluding hydrogens is 408 g/mol. The standard InChI is InChI=1S/C22H25ClN2O3S/c1-2-21(26)25(16-5-6-16)13-22(27)24-11-9-20-18(10-12-29-20)19(24)14-28-17-7-3-15(23)4-8-17/h3-4,7-8,10,12,16,19H,2,5-6,9,11,13-14H2,1H3. The molecule has 1 fully saturated rings. The lowest BCUT2D eigenvalue weighted by Gasteiger charge is -2.37. The van der Waals surface area contributed by atoms with Gasteiger partial charge in [-0.3, -0.25) is 9.59 Å². The van der Waals surface area contributed by atoms with Gasteiger partial charge in [-0.15, -0.1) is 11.3 Å². The summed E-state index contributed by atoms with van der Waals surface area (Å²) in [6, 6.07) is 9.43. The van der Waals surface area contributed by atoms with Crippen LogP contribution >= 0.6 is 22.9 Å². The van der Waals surface area contributed by atoms with Crippen LogP contribution in [0.4, 0.5) is 0 Å². The highest BCUT2D eigenvalue weighted by atomic mass is 35.5. The number of ether oxygens (including phenoxy) is 1. The van der Waals surface area contributed by atoms with Gasteiger partial charge < -0.3 is 14.5 Å². The smallest absolute Gasteiger partial charge is 0.242 e. The van der Waals surface area contributed by atoms with Crippen LogP contribution in [0.25, 0.3) is 0 Å². The van der Waals surface area contributed by atoms with Gasteiger partial charge in [-0.1, -0.05) is 18.5 Å². The van der Waals surface area contributed by atoms with Crippen molar-refractivity contribution in [3.05, 3.63) is 51.2 Å². The van der Waals surface area contributed by atoms with Crippen molar-refractivity contribution < 1.29 is 14.3 Å². The van der Waals surface area contributed by atoms with E-state index in [1.807, 2.05) is 24.0 Å². The molecule has 0 saturated heterocycles. The Balaban J connectivity index is 1.50. The van der Waals surface area contributed by atoms with Crippen LogP contribution in [-0.2, 0) is 16.0 Å². The van der Waals surface area contributed by atoms with Gasteiger partial charge in [0.15, 0.2) is 0 Å². The van der Waals surface area contributed by atoms with Crippen molar-refractivity contribution in [1.82, 2.24) is 9.80 Å². The number of halogens is 1. The van der Waals surface area contributed by atoms with E-state index in [4.69, 9.17) is 16.3 Å². The van der Waals surface area contributed by atoms with Gasteiger partial charge in [-0.2, -0.15) is 0 Å². The number of rotatable bonds is 7. The predicted octanol–water partition coefficient (Wildman–Crippen LogP) is 4.31. The predicted molar refractivity (Wildman–Crippen MR) is 114 cm³/mol. The third-order valence-corrected chi connectivity index (χ3v) is 6.80. The molecule has 2 aromatic rings. The first kappa shape index (κ1) is 20.2. The Bertz CT molecular complexity index is 878. The van der Waals surface area contributed by atoms with Gasteiger partial charge in [-0.25, -0.2) is 0 Å². The first-order valence-corrected chi connectivity index (χ1v) is 11.4. The maximum absolute atomic E-state index is 13.2. The summed E-state index contributed by atoms with van der Waals surface area (Å²) in [6.45, 7) is 3.04. The monoisotopic (exact) mass is 432 g/mol. The van der Waals surface area contributed by atoms with Crippen LogP contribution in [0.2, 0.25) is 5.02 Å². The molecule has 154 valence electrons. The van der Waals surface area contributed by atoms with Crippen LogP contribution in [0.15, 0.2) is 35.7 Å². The summed E-state index contributed by atoms with van der Waals surface area (Å²) in [5, 5.41) is 2.73. The van der Waals surface area contributed by atoms with Gasteiger partial charge in [0.25, 0.3) is 0 Å². The number of thiophene rings is 1. The number of nitrogens with zero attached hydrogens (tertiary/aromatic N) is 2. The zero-order chi connectivity index (χ0) is 20.4. The molecule has 29 heavy (non-hydrogen) atoms. The van der Waals surface area contributed by atoms with Crippen molar-refractivity contribution in [2.24, 2.45) is 0 Å². The van der Waals surface area contributed by atoms with E-state index in [2.05, 4.69) is 11.4 Å². The zero-order valence-corrected chi connectivity index (χ0v) is 18.0. The highest BCUT2D eigenvalue weighted by Crippen LogP contribution is 2.35. The van der Waals surface area contributed by atoms with Crippen LogP contribution in [0, 0.1) is 0 Å². The summed E-state index contributed by atoms with van der Waals surface area (Å²) in [5.74, 6) is 0.785. The molecule has 1 saturated carbocycles. The number of benzene rings is 1. The second kappa shape index (κ2) is 8.76. The molecule has 1 aromatic heterocycles. The maximum Gasteiger partial charge on any atom is 0.242 e. The van der Waals surface area contributed by atoms with E-state index in [9.17, 15) is 9.59 Å². The van der Waals surface area contributed by atoms with Crippen molar-refractivity contribution in [2.45, 2.75) is 44.7 Å². The average Bonchev–Trinajstić information content (AvgIpc) is 3.46. The van der Waals surface area contributed by atoms with E-state index in [1.54, 1.807) is 28.4 Å². The van der Waals surface area contributed by atoms with Gasteiger partial charge in [-0.05, 0) is 60.5 Å². The van der Waals surface area contributed by atoms with Crippen molar-refractivity contribution in [1.29, 1.82) is 0 Å². The molecule has 7 heteroatoms. The summed E-state index contributed by atoms with van der Waals surface area (Å²) in [4.78, 5) is 30.5. The van der Waals surface area contributed by atoms with Gasteiger partial charge >= 0.3 is 0 Å². The molecule has 1 atom stereocenters. The van der Waals surface area contributed by atoms with E-state index >= 15 is 0 Å². The Kier molecular flexibility index (Phi) is 6.11. The van der Waals surface area contributed by atoms with Gasteiger partial charge in [0.05, 0.1) is 6.04 Å². The number of hydrogen-bond acceptors (Lipinski definition) is 4. The summed E-state index contributed by atoms with van der Waals surface area (Å²) >= 11 is 7.68. The first-order valence-electron chi connectivity index (χ1n) is 10.1. The molecule has 2 aliphatic rings. The summed E-state index contributed by atoms with van der Waals surface area (Å²) in [5.41, 5.74) is 1.16. The number of fused-ring (bicyclic) bond motifs is 1. The Labute approximate surface area is 180 Å². The lowest BCUT2D eigenvalue weighted by Crippen LogP contribution is -2.48. The van der Waals surface area contributed by atoms with Crippen molar-refractivity contribution >= 4 is 34.8 Å². The molecular formula is C22H25ClN2O3S. The van der Waals surface area contributed by atoms with E-state index in [-0.39, 0.29) is 30.4 Å². The third kappa shape index (κ3) is 4.59. The second-order valence-corrected chi connectivity index (χ2v) is 8.96. The van der Waals surface area contributed by atoms with E-state index < -0.39 is 0 Å². The average molecular weight is 433 g/mol. The molecule has 2 heterocycles. The second-order valence-electron chi connectivity index (χ2n) is 7.52. The van der Waals surface area contributed by atoms with Crippen molar-refractivity contribution in [3.8, 4) is 5.75 Å². The topological polar surface area (TPSA) is 49.9 Å². The van der Waals surface area contributed by atoms with Crippen molar-refractivity contribution in [2.75, 3.05) is 19.7 Å². The minimum atomic E-state index is -0.147. The molecule has 0 bridgehead atoms. The molecule has 1 aliphatic carbocycles. The largest absolute Gasteiger partial charge is 0.491 e. The van der Waals surface area contributed by atoms with Crippen LogP contribution in [0.5, 0.6) is 5.75 Å². The highest BCUT2D eigenvalue weighted by molar-refractivity contribution is 7.10. The van der Waals surface area contributed by atoms with Crippen LogP contribution < -0.4 is 4.74 Å². The Morgan fingerprint density at radius 1 is 1.24 bits per heavy atom. The number of carbonyl (C=O) groups is 2. The maximum atomic E-state index is 13.2. The SMILES string of the molecule is CCC(=O)N(CC(=O)N1CCc2sccc2C1COc1ccc(Cl)cc1)C1CC1. The number of hydrogen-bond donors (Lipinski definition) is 0. The molecule has 5 nitrogen and oxygen atoms in total. The Morgan fingerprint density at radius 3 is 2.69 bits per heavy atom. The quantitative estimate of drug-likeness (QED) is 0.655. The molecule has 1 unspecified atom stereocenters. The Morgan fingerprint density at radius 2 is 2.00 bits per heavy atom. The molecule has 0 spiro atoms. The highest BCUT2D eigenvalue weighted by Gasteiger charge is 2.37. The fraction of sp³-hybridized carbons (Fsp3) is 0.455.